The molecule has 1 aromatic rings. The van der Waals surface area contributed by atoms with Gasteiger partial charge in [0, 0.05) is 16.3 Å². The molecule has 0 aromatic heterocycles. The molecule has 0 bridgehead atoms. The van der Waals surface area contributed by atoms with Gasteiger partial charge >= 0.3 is 0 Å². The van der Waals surface area contributed by atoms with Crippen molar-refractivity contribution in [1.82, 2.24) is 0 Å². The third kappa shape index (κ3) is 2.40. The van der Waals surface area contributed by atoms with E-state index in [9.17, 15) is 9.59 Å². The van der Waals surface area contributed by atoms with Gasteiger partial charge < -0.3 is 0 Å². The fourth-order valence-corrected chi connectivity index (χ4v) is 4.81. The lowest BCUT2D eigenvalue weighted by atomic mass is 9.81. The van der Waals surface area contributed by atoms with Crippen molar-refractivity contribution in [2.45, 2.75) is 51.9 Å². The van der Waals surface area contributed by atoms with Crippen molar-refractivity contribution in [3.63, 3.8) is 0 Å². The van der Waals surface area contributed by atoms with Crippen molar-refractivity contribution in [3.05, 3.63) is 33.3 Å². The lowest BCUT2D eigenvalue weighted by Crippen LogP contribution is -2.21. The van der Waals surface area contributed by atoms with Crippen LogP contribution in [0, 0.1) is 18.8 Å². The third-order valence-electron chi connectivity index (χ3n) is 5.17. The lowest BCUT2D eigenvalue weighted by Gasteiger charge is -2.21. The van der Waals surface area contributed by atoms with Crippen molar-refractivity contribution in [1.29, 1.82) is 0 Å². The third-order valence-corrected chi connectivity index (χ3v) is 5.63. The van der Waals surface area contributed by atoms with Crippen molar-refractivity contribution in [2.24, 2.45) is 11.8 Å². The molecule has 2 fully saturated rings. The molecule has 0 saturated heterocycles. The monoisotopic (exact) mass is 348 g/mol. The second-order valence-corrected chi connectivity index (χ2v) is 7.30. The van der Waals surface area contributed by atoms with Gasteiger partial charge in [-0.1, -0.05) is 35.7 Å². The van der Waals surface area contributed by atoms with E-state index in [0.29, 0.717) is 0 Å². The predicted octanol–water partition coefficient (Wildman–Crippen LogP) is 4.36. The molecule has 112 valence electrons. The molecule has 0 amide bonds. The minimum atomic E-state index is -0.499. The van der Waals surface area contributed by atoms with E-state index in [1.54, 1.807) is 0 Å². The van der Waals surface area contributed by atoms with E-state index in [1.165, 1.54) is 0 Å². The number of hydrogen-bond donors (Lipinski definition) is 0. The molecule has 2 saturated carbocycles. The first kappa shape index (κ1) is 15.0. The Morgan fingerprint density at radius 2 is 1.67 bits per heavy atom. The molecule has 0 N–H and O–H groups in total. The average Bonchev–Trinajstić information content (AvgIpc) is 2.71. The summed E-state index contributed by atoms with van der Waals surface area (Å²) in [7, 11) is 0. The molecule has 2 unspecified atom stereocenters. The molecule has 0 spiro atoms. The molecule has 2 aliphatic carbocycles. The molecule has 0 heterocycles. The van der Waals surface area contributed by atoms with Crippen LogP contribution < -0.4 is 0 Å². The van der Waals surface area contributed by atoms with Gasteiger partial charge in [-0.05, 0) is 55.0 Å². The number of rotatable bonds is 2. The molecular formula is C18H21BrO2. The van der Waals surface area contributed by atoms with Crippen LogP contribution in [0.15, 0.2) is 16.6 Å². The number of carbonyl (C=O) groups excluding carboxylic acids is 2. The Hall–Kier alpha value is -0.960. The van der Waals surface area contributed by atoms with Crippen molar-refractivity contribution >= 4 is 27.5 Å². The van der Waals surface area contributed by atoms with Gasteiger partial charge in [0.15, 0.2) is 11.6 Å². The molecule has 21 heavy (non-hydrogen) atoms. The average molecular weight is 349 g/mol. The molecule has 1 aromatic carbocycles. The molecule has 3 rings (SSSR count). The highest BCUT2D eigenvalue weighted by molar-refractivity contribution is 9.10. The number of ketones is 2. The number of fused-ring (bicyclic) bond motifs is 1. The molecular weight excluding hydrogens is 328 g/mol. The Balaban J connectivity index is 2.08. The second kappa shape index (κ2) is 5.68. The fraction of sp³-hybridized carbons (Fsp3) is 0.556. The summed E-state index contributed by atoms with van der Waals surface area (Å²) in [5.74, 6) is -0.149. The SMILES string of the molecule is CCc1cc(Br)cc(C)c1C1C(=O)C2CCCCC2C1=O. The predicted molar refractivity (Wildman–Crippen MR) is 86.5 cm³/mol. The normalized spacial score (nSPS) is 28.8. The summed E-state index contributed by atoms with van der Waals surface area (Å²) in [4.78, 5) is 25.6. The topological polar surface area (TPSA) is 34.1 Å². The second-order valence-electron chi connectivity index (χ2n) is 6.38. The largest absolute Gasteiger partial charge is 0.298 e. The summed E-state index contributed by atoms with van der Waals surface area (Å²) >= 11 is 3.52. The minimum absolute atomic E-state index is 0.0102. The van der Waals surface area contributed by atoms with E-state index < -0.39 is 5.92 Å². The van der Waals surface area contributed by atoms with Crippen LogP contribution in [0.1, 0.15) is 55.2 Å². The summed E-state index contributed by atoms with van der Waals surface area (Å²) < 4.78 is 1.02. The molecule has 2 atom stereocenters. The Labute approximate surface area is 134 Å². The number of benzene rings is 1. The highest BCUT2D eigenvalue weighted by Crippen LogP contribution is 2.46. The van der Waals surface area contributed by atoms with Gasteiger partial charge in [-0.2, -0.15) is 0 Å². The van der Waals surface area contributed by atoms with Crippen molar-refractivity contribution in [3.8, 4) is 0 Å². The van der Waals surface area contributed by atoms with Crippen LogP contribution in [0.5, 0.6) is 0 Å². The zero-order valence-corrected chi connectivity index (χ0v) is 14.2. The van der Waals surface area contributed by atoms with E-state index in [2.05, 4.69) is 28.9 Å². The summed E-state index contributed by atoms with van der Waals surface area (Å²) in [5.41, 5.74) is 3.18. The van der Waals surface area contributed by atoms with E-state index in [0.717, 1.165) is 53.3 Å². The standard InChI is InChI=1S/C18H21BrO2/c1-3-11-9-12(19)8-10(2)15(11)16-17(20)13-6-4-5-7-14(13)18(16)21/h8-9,13-14,16H,3-7H2,1-2H3. The zero-order chi connectivity index (χ0) is 15.1. The quantitative estimate of drug-likeness (QED) is 0.744. The molecule has 3 heteroatoms. The van der Waals surface area contributed by atoms with E-state index in [4.69, 9.17) is 0 Å². The summed E-state index contributed by atoms with van der Waals surface area (Å²) in [5, 5.41) is 0. The summed E-state index contributed by atoms with van der Waals surface area (Å²) in [6, 6.07) is 4.09. The Morgan fingerprint density at radius 1 is 1.10 bits per heavy atom. The van der Waals surface area contributed by atoms with Crippen LogP contribution in [0.25, 0.3) is 0 Å². The Morgan fingerprint density at radius 3 is 2.19 bits per heavy atom. The first-order valence-electron chi connectivity index (χ1n) is 7.91. The maximum Gasteiger partial charge on any atom is 0.151 e. The van der Waals surface area contributed by atoms with Crippen LogP contribution >= 0.6 is 15.9 Å². The van der Waals surface area contributed by atoms with Gasteiger partial charge in [0.25, 0.3) is 0 Å². The maximum absolute atomic E-state index is 12.8. The first-order chi connectivity index (χ1) is 10.0. The van der Waals surface area contributed by atoms with Crippen molar-refractivity contribution in [2.75, 3.05) is 0 Å². The van der Waals surface area contributed by atoms with Gasteiger partial charge in [0.05, 0.1) is 0 Å². The van der Waals surface area contributed by atoms with Crippen molar-refractivity contribution < 1.29 is 9.59 Å². The molecule has 2 nitrogen and oxygen atoms in total. The van der Waals surface area contributed by atoms with Gasteiger partial charge in [-0.15, -0.1) is 0 Å². The number of Topliss-reactive ketones (excluding diaryl/α,β-unsaturated/α-hetero) is 2. The molecule has 0 radical (unpaired) electrons. The Bertz CT molecular complexity index is 581. The lowest BCUT2D eigenvalue weighted by molar-refractivity contribution is -0.125. The van der Waals surface area contributed by atoms with Crippen LogP contribution in [-0.2, 0) is 16.0 Å². The van der Waals surface area contributed by atoms with Gasteiger partial charge in [0.1, 0.15) is 5.92 Å². The van der Waals surface area contributed by atoms with Gasteiger partial charge in [-0.3, -0.25) is 9.59 Å². The zero-order valence-electron chi connectivity index (χ0n) is 12.6. The number of carbonyl (C=O) groups is 2. The Kier molecular flexibility index (Phi) is 4.04. The van der Waals surface area contributed by atoms with Crippen LogP contribution in [0.3, 0.4) is 0 Å². The number of halogens is 1. The van der Waals surface area contributed by atoms with Gasteiger partial charge in [0.2, 0.25) is 0 Å². The maximum atomic E-state index is 12.8. The smallest absolute Gasteiger partial charge is 0.151 e. The van der Waals surface area contributed by atoms with E-state index in [-0.39, 0.29) is 23.4 Å². The van der Waals surface area contributed by atoms with Crippen LogP contribution in [-0.4, -0.2) is 11.6 Å². The van der Waals surface area contributed by atoms with E-state index >= 15 is 0 Å². The summed E-state index contributed by atoms with van der Waals surface area (Å²) in [6.45, 7) is 4.10. The number of aryl methyl sites for hydroxylation is 2. The van der Waals surface area contributed by atoms with Crippen LogP contribution in [0.4, 0.5) is 0 Å². The molecule has 0 aliphatic heterocycles. The summed E-state index contributed by atoms with van der Waals surface area (Å²) in [6.07, 6.45) is 4.84. The fourth-order valence-electron chi connectivity index (χ4n) is 4.19. The van der Waals surface area contributed by atoms with Gasteiger partial charge in [-0.25, -0.2) is 0 Å². The molecule has 2 aliphatic rings. The van der Waals surface area contributed by atoms with E-state index in [1.807, 2.05) is 13.0 Å². The minimum Gasteiger partial charge on any atom is -0.298 e. The van der Waals surface area contributed by atoms with Crippen LogP contribution in [0.2, 0.25) is 0 Å². The highest BCUT2D eigenvalue weighted by Gasteiger charge is 2.50. The first-order valence-corrected chi connectivity index (χ1v) is 8.70. The highest BCUT2D eigenvalue weighted by atomic mass is 79.9. The number of hydrogen-bond acceptors (Lipinski definition) is 2.